The molecule has 2 amide bonds. The third-order valence-electron chi connectivity index (χ3n) is 3.91. The number of nitrogens with one attached hydrogen (secondary N) is 1. The highest BCUT2D eigenvalue weighted by Crippen LogP contribution is 2.05. The minimum Gasteiger partial charge on any atom is -0.350 e. The van der Waals surface area contributed by atoms with Crippen LogP contribution in [0.25, 0.3) is 0 Å². The average molecular weight is 338 g/mol. The van der Waals surface area contributed by atoms with Gasteiger partial charge in [0.15, 0.2) is 0 Å². The molecular formula is C18H34N4O2. The Balaban J connectivity index is 2.38. The van der Waals surface area contributed by atoms with Gasteiger partial charge in [0.05, 0.1) is 13.1 Å². The van der Waals surface area contributed by atoms with Crippen molar-refractivity contribution >= 4 is 11.8 Å². The topological polar surface area (TPSA) is 55.9 Å². The third-order valence-corrected chi connectivity index (χ3v) is 3.91. The number of piperazine rings is 1. The Morgan fingerprint density at radius 3 is 2.17 bits per heavy atom. The van der Waals surface area contributed by atoms with E-state index in [4.69, 9.17) is 0 Å². The SMILES string of the molecule is C=C(C)CN(CC)CC(=O)N1CCN(CC(=O)NC(C)(C)C)CC1. The number of hydrogen-bond acceptors (Lipinski definition) is 4. The van der Waals surface area contributed by atoms with Crippen LogP contribution in [0.5, 0.6) is 0 Å². The summed E-state index contributed by atoms with van der Waals surface area (Å²) >= 11 is 0. The van der Waals surface area contributed by atoms with E-state index in [9.17, 15) is 9.59 Å². The molecule has 0 aromatic carbocycles. The molecule has 0 radical (unpaired) electrons. The van der Waals surface area contributed by atoms with Gasteiger partial charge in [0.1, 0.15) is 0 Å². The first-order valence-corrected chi connectivity index (χ1v) is 8.78. The summed E-state index contributed by atoms with van der Waals surface area (Å²) in [4.78, 5) is 30.5. The van der Waals surface area contributed by atoms with Crippen molar-refractivity contribution in [1.29, 1.82) is 0 Å². The van der Waals surface area contributed by atoms with Crippen LogP contribution in [0.3, 0.4) is 0 Å². The highest BCUT2D eigenvalue weighted by molar-refractivity contribution is 5.79. The van der Waals surface area contributed by atoms with Crippen LogP contribution in [-0.2, 0) is 9.59 Å². The normalized spacial score (nSPS) is 16.3. The van der Waals surface area contributed by atoms with Crippen LogP contribution < -0.4 is 5.32 Å². The van der Waals surface area contributed by atoms with Crippen LogP contribution in [0.15, 0.2) is 12.2 Å². The summed E-state index contributed by atoms with van der Waals surface area (Å²) in [6.07, 6.45) is 0. The van der Waals surface area contributed by atoms with Gasteiger partial charge in [-0.25, -0.2) is 0 Å². The predicted molar refractivity (Wildman–Crippen MR) is 97.8 cm³/mol. The lowest BCUT2D eigenvalue weighted by Gasteiger charge is -2.36. The molecule has 6 nitrogen and oxygen atoms in total. The third kappa shape index (κ3) is 7.93. The van der Waals surface area contributed by atoms with Crippen LogP contribution >= 0.6 is 0 Å². The van der Waals surface area contributed by atoms with Crippen LogP contribution in [-0.4, -0.2) is 84.4 Å². The van der Waals surface area contributed by atoms with E-state index in [1.165, 1.54) is 0 Å². The summed E-state index contributed by atoms with van der Waals surface area (Å²) in [6.45, 7) is 19.2. The van der Waals surface area contributed by atoms with Gasteiger partial charge in [-0.1, -0.05) is 19.1 Å². The Morgan fingerprint density at radius 1 is 1.12 bits per heavy atom. The molecule has 0 unspecified atom stereocenters. The molecule has 0 atom stereocenters. The number of amides is 2. The molecule has 0 saturated carbocycles. The van der Waals surface area contributed by atoms with Crippen molar-refractivity contribution in [1.82, 2.24) is 20.0 Å². The van der Waals surface area contributed by atoms with E-state index >= 15 is 0 Å². The van der Waals surface area contributed by atoms with Gasteiger partial charge in [0.25, 0.3) is 0 Å². The molecule has 0 aliphatic carbocycles. The molecule has 0 spiro atoms. The largest absolute Gasteiger partial charge is 0.350 e. The van der Waals surface area contributed by atoms with Crippen LogP contribution in [0.1, 0.15) is 34.6 Å². The zero-order valence-electron chi connectivity index (χ0n) is 16.0. The fourth-order valence-corrected chi connectivity index (χ4v) is 2.77. The number of carbonyl (C=O) groups excluding carboxylic acids is 2. The molecule has 1 N–H and O–H groups in total. The first-order chi connectivity index (χ1) is 11.1. The molecule has 1 aliphatic heterocycles. The molecule has 1 fully saturated rings. The summed E-state index contributed by atoms with van der Waals surface area (Å²) in [6, 6.07) is 0. The van der Waals surface area contributed by atoms with Crippen molar-refractivity contribution in [2.75, 3.05) is 52.4 Å². The van der Waals surface area contributed by atoms with E-state index in [0.29, 0.717) is 26.2 Å². The average Bonchev–Trinajstić information content (AvgIpc) is 2.44. The number of likely N-dealkylation sites (N-methyl/N-ethyl adjacent to an activating group) is 1. The second kappa shape index (κ2) is 9.18. The highest BCUT2D eigenvalue weighted by Gasteiger charge is 2.24. The molecule has 0 aromatic rings. The Hall–Kier alpha value is -1.40. The number of hydrogen-bond donors (Lipinski definition) is 1. The van der Waals surface area contributed by atoms with Crippen molar-refractivity contribution in [3.63, 3.8) is 0 Å². The Labute approximate surface area is 146 Å². The highest BCUT2D eigenvalue weighted by atomic mass is 16.2. The minimum absolute atomic E-state index is 0.0425. The van der Waals surface area contributed by atoms with Crippen LogP contribution in [0, 0.1) is 0 Å². The van der Waals surface area contributed by atoms with Gasteiger partial charge in [-0.15, -0.1) is 0 Å². The van der Waals surface area contributed by atoms with E-state index in [0.717, 1.165) is 31.8 Å². The molecular weight excluding hydrogens is 304 g/mol. The zero-order chi connectivity index (χ0) is 18.3. The summed E-state index contributed by atoms with van der Waals surface area (Å²) in [7, 11) is 0. The van der Waals surface area contributed by atoms with Gasteiger partial charge < -0.3 is 10.2 Å². The molecule has 0 aromatic heterocycles. The summed E-state index contributed by atoms with van der Waals surface area (Å²) in [5.74, 6) is 0.206. The summed E-state index contributed by atoms with van der Waals surface area (Å²) in [5.41, 5.74) is 0.862. The van der Waals surface area contributed by atoms with Crippen molar-refractivity contribution < 1.29 is 9.59 Å². The quantitative estimate of drug-likeness (QED) is 0.702. The van der Waals surface area contributed by atoms with Crippen molar-refractivity contribution in [2.24, 2.45) is 0 Å². The maximum atomic E-state index is 12.4. The van der Waals surface area contributed by atoms with E-state index in [1.807, 2.05) is 32.6 Å². The maximum Gasteiger partial charge on any atom is 0.236 e. The fraction of sp³-hybridized carbons (Fsp3) is 0.778. The van der Waals surface area contributed by atoms with E-state index in [2.05, 4.69) is 28.6 Å². The monoisotopic (exact) mass is 338 g/mol. The molecule has 24 heavy (non-hydrogen) atoms. The molecule has 1 aliphatic rings. The predicted octanol–water partition coefficient (Wildman–Crippen LogP) is 0.943. The molecule has 6 heteroatoms. The molecule has 138 valence electrons. The van der Waals surface area contributed by atoms with E-state index in [-0.39, 0.29) is 17.4 Å². The Morgan fingerprint density at radius 2 is 1.71 bits per heavy atom. The molecule has 1 rings (SSSR count). The molecule has 0 bridgehead atoms. The first kappa shape index (κ1) is 20.6. The lowest BCUT2D eigenvalue weighted by molar-refractivity contribution is -0.134. The van der Waals surface area contributed by atoms with Crippen molar-refractivity contribution in [3.8, 4) is 0 Å². The van der Waals surface area contributed by atoms with E-state index in [1.54, 1.807) is 0 Å². The second-order valence-electron chi connectivity index (χ2n) is 7.72. The zero-order valence-corrected chi connectivity index (χ0v) is 16.0. The summed E-state index contributed by atoms with van der Waals surface area (Å²) < 4.78 is 0. The van der Waals surface area contributed by atoms with Crippen molar-refractivity contribution in [3.05, 3.63) is 12.2 Å². The maximum absolute atomic E-state index is 12.4. The molecule has 1 saturated heterocycles. The van der Waals surface area contributed by atoms with Gasteiger partial charge in [-0.05, 0) is 34.2 Å². The van der Waals surface area contributed by atoms with Gasteiger partial charge in [0.2, 0.25) is 11.8 Å². The lowest BCUT2D eigenvalue weighted by atomic mass is 10.1. The minimum atomic E-state index is -0.207. The lowest BCUT2D eigenvalue weighted by Crippen LogP contribution is -2.54. The standard InChI is InChI=1S/C18H34N4O2/c1-7-20(12-15(2)3)14-17(24)22-10-8-21(9-11-22)13-16(23)19-18(4,5)6/h2,7-14H2,1,3-6H3,(H,19,23). The number of carbonyl (C=O) groups is 2. The van der Waals surface area contributed by atoms with E-state index < -0.39 is 0 Å². The van der Waals surface area contributed by atoms with Gasteiger partial charge in [-0.2, -0.15) is 0 Å². The number of rotatable bonds is 7. The van der Waals surface area contributed by atoms with Crippen LogP contribution in [0.2, 0.25) is 0 Å². The Kier molecular flexibility index (Phi) is 7.90. The number of nitrogens with zero attached hydrogens (tertiary/aromatic N) is 3. The van der Waals surface area contributed by atoms with Gasteiger partial charge in [0, 0.05) is 38.3 Å². The molecule has 1 heterocycles. The smallest absolute Gasteiger partial charge is 0.236 e. The van der Waals surface area contributed by atoms with Gasteiger partial charge >= 0.3 is 0 Å². The van der Waals surface area contributed by atoms with Crippen LogP contribution in [0.4, 0.5) is 0 Å². The first-order valence-electron chi connectivity index (χ1n) is 8.78. The van der Waals surface area contributed by atoms with Gasteiger partial charge in [-0.3, -0.25) is 19.4 Å². The second-order valence-corrected chi connectivity index (χ2v) is 7.72. The summed E-state index contributed by atoms with van der Waals surface area (Å²) in [5, 5.41) is 2.98. The Bertz CT molecular complexity index is 448. The van der Waals surface area contributed by atoms with Crippen molar-refractivity contribution in [2.45, 2.75) is 40.2 Å². The fourth-order valence-electron chi connectivity index (χ4n) is 2.77.